The summed E-state index contributed by atoms with van der Waals surface area (Å²) >= 11 is 0. The first-order chi connectivity index (χ1) is 19.4. The van der Waals surface area contributed by atoms with Crippen molar-refractivity contribution in [3.8, 4) is 0 Å². The van der Waals surface area contributed by atoms with E-state index >= 15 is 26.3 Å². The first-order valence-electron chi connectivity index (χ1n) is 11.6. The van der Waals surface area contributed by atoms with Crippen molar-refractivity contribution in [1.29, 1.82) is 0 Å². The SMILES string of the molecule is CC(C)C1=CCC([B-](c2c(F)c(F)c(F)c(F)c2F)(c2c(F)c(F)c(F)c(F)c2F)c2c(F)c(F)c(F)c(F)c2F)=C1. The van der Waals surface area contributed by atoms with Crippen molar-refractivity contribution in [1.82, 2.24) is 0 Å². The fourth-order valence-electron chi connectivity index (χ4n) is 5.27. The molecule has 0 heterocycles. The third-order valence-electron chi connectivity index (χ3n) is 7.18. The van der Waals surface area contributed by atoms with Crippen LogP contribution in [0.5, 0.6) is 0 Å². The minimum atomic E-state index is -5.67. The Morgan fingerprint density at radius 1 is 0.429 bits per heavy atom. The van der Waals surface area contributed by atoms with Gasteiger partial charge in [0.2, 0.25) is 0 Å². The van der Waals surface area contributed by atoms with Crippen LogP contribution in [-0.2, 0) is 0 Å². The van der Waals surface area contributed by atoms with E-state index in [0.29, 0.717) is 6.08 Å². The number of rotatable bonds is 5. The molecule has 0 spiro atoms. The fraction of sp³-hybridized carbons (Fsp3) is 0.154. The molecule has 1 aliphatic rings. The molecule has 0 saturated heterocycles. The van der Waals surface area contributed by atoms with Crippen LogP contribution < -0.4 is 16.4 Å². The van der Waals surface area contributed by atoms with Gasteiger partial charge in [-0.05, 0) is 12.3 Å². The Kier molecular flexibility index (Phi) is 7.74. The minimum Gasteiger partial charge on any atom is -0.212 e. The van der Waals surface area contributed by atoms with Crippen LogP contribution in [0.4, 0.5) is 65.9 Å². The quantitative estimate of drug-likeness (QED) is 0.129. The highest BCUT2D eigenvalue weighted by atomic mass is 19.2. The average Bonchev–Trinajstić information content (AvgIpc) is 3.46. The average molecular weight is 619 g/mol. The molecule has 16 heteroatoms. The van der Waals surface area contributed by atoms with Gasteiger partial charge >= 0.3 is 0 Å². The molecule has 0 aliphatic heterocycles. The van der Waals surface area contributed by atoms with Gasteiger partial charge in [0, 0.05) is 0 Å². The van der Waals surface area contributed by atoms with Gasteiger partial charge in [-0.25, -0.2) is 71.3 Å². The lowest BCUT2D eigenvalue weighted by molar-refractivity contribution is 0.379. The molecule has 0 fully saturated rings. The minimum absolute atomic E-state index is 0.0344. The first-order valence-corrected chi connectivity index (χ1v) is 11.6. The first kappa shape index (κ1) is 31.1. The summed E-state index contributed by atoms with van der Waals surface area (Å²) in [6.45, 7) is 2.80. The van der Waals surface area contributed by atoms with E-state index in [4.69, 9.17) is 0 Å². The summed E-state index contributed by atoms with van der Waals surface area (Å²) in [5.74, 6) is -45.8. The summed E-state index contributed by atoms with van der Waals surface area (Å²) in [4.78, 5) is 0. The van der Waals surface area contributed by atoms with Gasteiger partial charge in [-0.15, -0.1) is 16.4 Å². The standard InChI is InChI=1S/C26H11BF15/c1-6(2)7-3-4-8(5-7)27(9-12(28)18(34)24(40)19(35)13(9)29,10-14(30)20(36)25(41)21(37)15(10)31)11-16(32)22(38)26(42)23(39)17(11)33/h3,5-6H,4H2,1-2H3/q-1. The summed E-state index contributed by atoms with van der Waals surface area (Å²) in [5.41, 5.74) is -9.12. The van der Waals surface area contributed by atoms with Crippen molar-refractivity contribution < 1.29 is 65.9 Å². The fourth-order valence-corrected chi connectivity index (χ4v) is 5.27. The van der Waals surface area contributed by atoms with Gasteiger partial charge in [0.25, 0.3) is 0 Å². The maximum atomic E-state index is 15.5. The Labute approximate surface area is 225 Å². The molecule has 0 bridgehead atoms. The predicted molar refractivity (Wildman–Crippen MR) is 119 cm³/mol. The summed E-state index contributed by atoms with van der Waals surface area (Å²) < 4.78 is 222. The molecule has 0 N–H and O–H groups in total. The molecule has 224 valence electrons. The smallest absolute Gasteiger partial charge is 0.200 e. The number of benzene rings is 3. The zero-order valence-electron chi connectivity index (χ0n) is 20.7. The van der Waals surface area contributed by atoms with E-state index in [1.54, 1.807) is 0 Å². The summed E-state index contributed by atoms with van der Waals surface area (Å²) in [6.07, 6.45) is -5.05. The second-order valence-corrected chi connectivity index (χ2v) is 9.60. The highest BCUT2D eigenvalue weighted by Crippen LogP contribution is 2.36. The van der Waals surface area contributed by atoms with Crippen molar-refractivity contribution >= 4 is 22.5 Å². The highest BCUT2D eigenvalue weighted by molar-refractivity contribution is 7.16. The van der Waals surface area contributed by atoms with Gasteiger partial charge in [0.15, 0.2) is 52.4 Å². The third-order valence-corrected chi connectivity index (χ3v) is 7.18. The van der Waals surface area contributed by atoms with Crippen molar-refractivity contribution in [3.05, 3.63) is 110 Å². The second-order valence-electron chi connectivity index (χ2n) is 9.60. The molecular weight excluding hydrogens is 608 g/mol. The van der Waals surface area contributed by atoms with E-state index in [1.807, 2.05) is 0 Å². The van der Waals surface area contributed by atoms with Crippen molar-refractivity contribution in [3.63, 3.8) is 0 Å². The van der Waals surface area contributed by atoms with Gasteiger partial charge in [-0.2, -0.15) is 0 Å². The van der Waals surface area contributed by atoms with Gasteiger partial charge in [0.05, 0.1) is 0 Å². The van der Waals surface area contributed by atoms with Gasteiger partial charge < -0.3 is 0 Å². The Morgan fingerprint density at radius 2 is 0.667 bits per heavy atom. The lowest BCUT2D eigenvalue weighted by Gasteiger charge is -2.45. The molecule has 3 aromatic rings. The van der Waals surface area contributed by atoms with E-state index in [-0.39, 0.29) is 5.57 Å². The largest absolute Gasteiger partial charge is 0.212 e. The summed E-state index contributed by atoms with van der Waals surface area (Å²) in [5, 5.41) is 0. The predicted octanol–water partition coefficient (Wildman–Crippen LogP) is 6.70. The molecule has 0 radical (unpaired) electrons. The highest BCUT2D eigenvalue weighted by Gasteiger charge is 2.50. The monoisotopic (exact) mass is 619 g/mol. The van der Waals surface area contributed by atoms with Crippen LogP contribution in [0.2, 0.25) is 0 Å². The summed E-state index contributed by atoms with van der Waals surface area (Å²) in [7, 11) is 0. The lowest BCUT2D eigenvalue weighted by atomic mass is 9.11. The number of halogens is 15. The van der Waals surface area contributed by atoms with E-state index in [2.05, 4.69) is 0 Å². The maximum Gasteiger partial charge on any atom is 0.200 e. The molecule has 42 heavy (non-hydrogen) atoms. The number of allylic oxidation sites excluding steroid dienone is 4. The van der Waals surface area contributed by atoms with Crippen molar-refractivity contribution in [2.24, 2.45) is 5.92 Å². The van der Waals surface area contributed by atoms with E-state index < -0.39 is 128 Å². The van der Waals surface area contributed by atoms with Crippen LogP contribution in [0, 0.1) is 93.2 Å². The third kappa shape index (κ3) is 4.04. The Hall–Kier alpha value is -3.85. The Bertz CT molecular complexity index is 1480. The van der Waals surface area contributed by atoms with Crippen molar-refractivity contribution in [2.75, 3.05) is 0 Å². The number of hydrogen-bond donors (Lipinski definition) is 0. The van der Waals surface area contributed by atoms with Gasteiger partial charge in [-0.1, -0.05) is 31.6 Å². The molecule has 0 aromatic heterocycles. The van der Waals surface area contributed by atoms with E-state index in [0.717, 1.165) is 6.08 Å². The molecule has 0 atom stereocenters. The molecule has 0 amide bonds. The van der Waals surface area contributed by atoms with Crippen LogP contribution >= 0.6 is 0 Å². The molecule has 0 unspecified atom stereocenters. The van der Waals surface area contributed by atoms with Crippen LogP contribution in [0.25, 0.3) is 0 Å². The van der Waals surface area contributed by atoms with Crippen LogP contribution in [0.1, 0.15) is 20.3 Å². The number of hydrogen-bond acceptors (Lipinski definition) is 0. The summed E-state index contributed by atoms with van der Waals surface area (Å²) in [6, 6.07) is 0. The molecule has 4 rings (SSSR count). The second kappa shape index (κ2) is 10.5. The van der Waals surface area contributed by atoms with E-state index in [1.165, 1.54) is 13.8 Å². The zero-order valence-corrected chi connectivity index (χ0v) is 20.7. The topological polar surface area (TPSA) is 0 Å². The zero-order chi connectivity index (χ0) is 31.7. The molecular formula is C26H11BF15-. The molecule has 1 aliphatic carbocycles. The normalized spacial score (nSPS) is 13.8. The van der Waals surface area contributed by atoms with Crippen LogP contribution in [0.15, 0.2) is 23.2 Å². The Balaban J connectivity index is 2.51. The van der Waals surface area contributed by atoms with Crippen LogP contribution in [0.3, 0.4) is 0 Å². The van der Waals surface area contributed by atoms with Crippen LogP contribution in [-0.4, -0.2) is 6.15 Å². The van der Waals surface area contributed by atoms with Crippen molar-refractivity contribution in [2.45, 2.75) is 20.3 Å². The lowest BCUT2D eigenvalue weighted by Crippen LogP contribution is -2.74. The van der Waals surface area contributed by atoms with Gasteiger partial charge in [0.1, 0.15) is 41.0 Å². The van der Waals surface area contributed by atoms with E-state index in [9.17, 15) is 39.5 Å². The Morgan fingerprint density at radius 3 is 0.881 bits per heavy atom. The molecule has 0 nitrogen and oxygen atoms in total. The van der Waals surface area contributed by atoms with Gasteiger partial charge in [-0.3, -0.25) is 0 Å². The molecule has 3 aromatic carbocycles. The maximum absolute atomic E-state index is 15.5. The molecule has 0 saturated carbocycles.